The van der Waals surface area contributed by atoms with E-state index in [2.05, 4.69) is 18.3 Å². The van der Waals surface area contributed by atoms with Gasteiger partial charge in [-0.15, -0.1) is 0 Å². The van der Waals surface area contributed by atoms with Gasteiger partial charge in [0.2, 0.25) is 0 Å². The van der Waals surface area contributed by atoms with Gasteiger partial charge in [0.15, 0.2) is 0 Å². The molecule has 0 radical (unpaired) electrons. The summed E-state index contributed by atoms with van der Waals surface area (Å²) in [5.74, 6) is 0.943. The number of methoxy groups -OCH3 is 1. The van der Waals surface area contributed by atoms with Crippen molar-refractivity contribution in [3.63, 3.8) is 0 Å². The molecule has 0 aliphatic carbocycles. The van der Waals surface area contributed by atoms with Crippen LogP contribution in [0, 0.1) is 0 Å². The van der Waals surface area contributed by atoms with Gasteiger partial charge in [0.05, 0.1) is 13.2 Å². The Labute approximate surface area is 117 Å². The second-order valence-corrected chi connectivity index (χ2v) is 4.74. The molecule has 19 heavy (non-hydrogen) atoms. The lowest BCUT2D eigenvalue weighted by atomic mass is 10.2. The maximum absolute atomic E-state index is 5.74. The van der Waals surface area contributed by atoms with Crippen LogP contribution in [0.4, 0.5) is 0 Å². The number of ether oxygens (including phenoxy) is 2. The molecule has 0 bridgehead atoms. The van der Waals surface area contributed by atoms with Crippen LogP contribution in [0.2, 0.25) is 0 Å². The molecule has 0 aliphatic rings. The van der Waals surface area contributed by atoms with E-state index >= 15 is 0 Å². The van der Waals surface area contributed by atoms with E-state index in [1.54, 1.807) is 7.11 Å². The van der Waals surface area contributed by atoms with Gasteiger partial charge < -0.3 is 14.8 Å². The summed E-state index contributed by atoms with van der Waals surface area (Å²) in [5.41, 5.74) is 1.16. The molecule has 0 aliphatic heterocycles. The fourth-order valence-electron chi connectivity index (χ4n) is 1.91. The summed E-state index contributed by atoms with van der Waals surface area (Å²) in [7, 11) is 1.71. The summed E-state index contributed by atoms with van der Waals surface area (Å²) in [6, 6.07) is 8.11. The number of hydrogen-bond donors (Lipinski definition) is 1. The predicted molar refractivity (Wildman–Crippen MR) is 79.7 cm³/mol. The first-order valence-corrected chi connectivity index (χ1v) is 7.28. The summed E-state index contributed by atoms with van der Waals surface area (Å²) in [5, 5.41) is 3.41. The van der Waals surface area contributed by atoms with Gasteiger partial charge in [-0.3, -0.25) is 0 Å². The third kappa shape index (κ3) is 7.85. The number of rotatable bonds is 11. The molecule has 0 saturated carbocycles. The highest BCUT2D eigenvalue weighted by molar-refractivity contribution is 5.28. The van der Waals surface area contributed by atoms with Crippen LogP contribution in [0.25, 0.3) is 0 Å². The maximum Gasteiger partial charge on any atom is 0.119 e. The van der Waals surface area contributed by atoms with Crippen LogP contribution < -0.4 is 10.1 Å². The number of nitrogens with one attached hydrogen (secondary N) is 1. The van der Waals surface area contributed by atoms with Crippen LogP contribution in [0.1, 0.15) is 38.2 Å². The van der Waals surface area contributed by atoms with Crippen molar-refractivity contribution in [2.24, 2.45) is 0 Å². The zero-order valence-electron chi connectivity index (χ0n) is 12.3. The number of benzene rings is 1. The SMILES string of the molecule is CCCNCCCCCOc1cccc(COC)c1. The standard InChI is InChI=1S/C16H27NO2/c1-3-10-17-11-5-4-6-12-19-16-9-7-8-15(13-16)14-18-2/h7-9,13,17H,3-6,10-12,14H2,1-2H3. The smallest absolute Gasteiger partial charge is 0.119 e. The fourth-order valence-corrected chi connectivity index (χ4v) is 1.91. The van der Waals surface area contributed by atoms with Crippen molar-refractivity contribution in [1.29, 1.82) is 0 Å². The van der Waals surface area contributed by atoms with Gasteiger partial charge >= 0.3 is 0 Å². The van der Waals surface area contributed by atoms with Crippen molar-refractivity contribution in [2.75, 3.05) is 26.8 Å². The average molecular weight is 265 g/mol. The van der Waals surface area contributed by atoms with Gasteiger partial charge in [0.1, 0.15) is 5.75 Å². The van der Waals surface area contributed by atoms with E-state index in [9.17, 15) is 0 Å². The highest BCUT2D eigenvalue weighted by atomic mass is 16.5. The van der Waals surface area contributed by atoms with Crippen molar-refractivity contribution in [1.82, 2.24) is 5.32 Å². The second-order valence-electron chi connectivity index (χ2n) is 4.74. The number of hydrogen-bond acceptors (Lipinski definition) is 3. The molecule has 0 aromatic heterocycles. The van der Waals surface area contributed by atoms with E-state index in [-0.39, 0.29) is 0 Å². The van der Waals surface area contributed by atoms with E-state index in [0.29, 0.717) is 6.61 Å². The topological polar surface area (TPSA) is 30.5 Å². The van der Waals surface area contributed by atoms with Crippen LogP contribution in [0.5, 0.6) is 5.75 Å². The molecule has 0 spiro atoms. The molecule has 1 aromatic carbocycles. The first-order chi connectivity index (χ1) is 9.36. The van der Waals surface area contributed by atoms with E-state index in [4.69, 9.17) is 9.47 Å². The molecule has 1 N–H and O–H groups in total. The lowest BCUT2D eigenvalue weighted by Crippen LogP contribution is -2.15. The highest BCUT2D eigenvalue weighted by Crippen LogP contribution is 2.14. The molecule has 3 heteroatoms. The maximum atomic E-state index is 5.74. The molecule has 0 saturated heterocycles. The van der Waals surface area contributed by atoms with Crippen molar-refractivity contribution >= 4 is 0 Å². The van der Waals surface area contributed by atoms with E-state index in [0.717, 1.165) is 37.4 Å². The van der Waals surface area contributed by atoms with E-state index in [1.807, 2.05) is 18.2 Å². The first kappa shape index (κ1) is 16.0. The lowest BCUT2D eigenvalue weighted by Gasteiger charge is -2.08. The minimum Gasteiger partial charge on any atom is -0.494 e. The van der Waals surface area contributed by atoms with Crippen LogP contribution in [0.3, 0.4) is 0 Å². The molecule has 3 nitrogen and oxygen atoms in total. The molecular formula is C16H27NO2. The summed E-state index contributed by atoms with van der Waals surface area (Å²) in [6.07, 6.45) is 4.77. The van der Waals surface area contributed by atoms with Crippen molar-refractivity contribution < 1.29 is 9.47 Å². The number of unbranched alkanes of at least 4 members (excludes halogenated alkanes) is 2. The van der Waals surface area contributed by atoms with Gasteiger partial charge in [-0.25, -0.2) is 0 Å². The molecule has 1 rings (SSSR count). The monoisotopic (exact) mass is 265 g/mol. The van der Waals surface area contributed by atoms with Crippen molar-refractivity contribution in [2.45, 2.75) is 39.2 Å². The fraction of sp³-hybridized carbons (Fsp3) is 0.625. The Morgan fingerprint density at radius 3 is 2.79 bits per heavy atom. The van der Waals surface area contributed by atoms with E-state index < -0.39 is 0 Å². The van der Waals surface area contributed by atoms with Gasteiger partial charge in [0.25, 0.3) is 0 Å². The Morgan fingerprint density at radius 1 is 1.11 bits per heavy atom. The predicted octanol–water partition coefficient (Wildman–Crippen LogP) is 3.38. The highest BCUT2D eigenvalue weighted by Gasteiger charge is 1.97. The zero-order chi connectivity index (χ0) is 13.8. The minimum atomic E-state index is 0.639. The van der Waals surface area contributed by atoms with Gasteiger partial charge in [0, 0.05) is 7.11 Å². The normalized spacial score (nSPS) is 10.6. The summed E-state index contributed by atoms with van der Waals surface area (Å²) < 4.78 is 10.9. The summed E-state index contributed by atoms with van der Waals surface area (Å²) >= 11 is 0. The van der Waals surface area contributed by atoms with Crippen LogP contribution >= 0.6 is 0 Å². The summed E-state index contributed by atoms with van der Waals surface area (Å²) in [6.45, 7) is 5.88. The molecule has 0 heterocycles. The molecule has 0 amide bonds. The van der Waals surface area contributed by atoms with Gasteiger partial charge in [-0.2, -0.15) is 0 Å². The molecule has 0 atom stereocenters. The largest absolute Gasteiger partial charge is 0.494 e. The third-order valence-electron chi connectivity index (χ3n) is 2.90. The Morgan fingerprint density at radius 2 is 2.00 bits per heavy atom. The summed E-state index contributed by atoms with van der Waals surface area (Å²) in [4.78, 5) is 0. The van der Waals surface area contributed by atoms with E-state index in [1.165, 1.54) is 19.3 Å². The van der Waals surface area contributed by atoms with Gasteiger partial charge in [-0.05, 0) is 56.5 Å². The first-order valence-electron chi connectivity index (χ1n) is 7.28. The Balaban J connectivity index is 2.07. The Hall–Kier alpha value is -1.06. The van der Waals surface area contributed by atoms with Crippen molar-refractivity contribution in [3.8, 4) is 5.75 Å². The molecule has 1 aromatic rings. The van der Waals surface area contributed by atoms with Gasteiger partial charge in [-0.1, -0.05) is 19.1 Å². The molecular weight excluding hydrogens is 238 g/mol. The quantitative estimate of drug-likeness (QED) is 0.622. The van der Waals surface area contributed by atoms with Crippen LogP contribution in [-0.4, -0.2) is 26.8 Å². The average Bonchev–Trinajstić information content (AvgIpc) is 2.43. The van der Waals surface area contributed by atoms with Crippen LogP contribution in [0.15, 0.2) is 24.3 Å². The van der Waals surface area contributed by atoms with Crippen molar-refractivity contribution in [3.05, 3.63) is 29.8 Å². The molecule has 108 valence electrons. The third-order valence-corrected chi connectivity index (χ3v) is 2.90. The second kappa shape index (κ2) is 10.8. The Bertz CT molecular complexity index is 328. The molecule has 0 unspecified atom stereocenters. The zero-order valence-corrected chi connectivity index (χ0v) is 12.3. The minimum absolute atomic E-state index is 0.639. The molecule has 0 fully saturated rings. The van der Waals surface area contributed by atoms with Crippen LogP contribution in [-0.2, 0) is 11.3 Å². The Kier molecular flexibility index (Phi) is 9.11. The lowest BCUT2D eigenvalue weighted by molar-refractivity contribution is 0.184.